The lowest BCUT2D eigenvalue weighted by molar-refractivity contribution is 0.0526. The Morgan fingerprint density at radius 2 is 2.12 bits per heavy atom. The van der Waals surface area contributed by atoms with Crippen molar-refractivity contribution in [3.05, 3.63) is 29.6 Å². The van der Waals surface area contributed by atoms with Gasteiger partial charge in [-0.15, -0.1) is 0 Å². The second-order valence-corrected chi connectivity index (χ2v) is 7.80. The van der Waals surface area contributed by atoms with Gasteiger partial charge < -0.3 is 14.0 Å². The highest BCUT2D eigenvalue weighted by atomic mass is 32.2. The molecule has 0 spiro atoms. The molecule has 0 N–H and O–H groups in total. The number of hydrogen-bond acceptors (Lipinski definition) is 6. The van der Waals surface area contributed by atoms with Crippen molar-refractivity contribution in [1.29, 1.82) is 0 Å². The summed E-state index contributed by atoms with van der Waals surface area (Å²) < 4.78 is 56.1. The van der Waals surface area contributed by atoms with Gasteiger partial charge in [-0.1, -0.05) is 18.8 Å². The Morgan fingerprint density at radius 1 is 1.42 bits per heavy atom. The zero-order valence-corrected chi connectivity index (χ0v) is 15.4. The van der Waals surface area contributed by atoms with Gasteiger partial charge in [-0.25, -0.2) is 17.6 Å². The van der Waals surface area contributed by atoms with Crippen molar-refractivity contribution in [2.24, 2.45) is 5.92 Å². The first-order valence-corrected chi connectivity index (χ1v) is 9.81. The maximum absolute atomic E-state index is 14.1. The van der Waals surface area contributed by atoms with Gasteiger partial charge in [0.25, 0.3) is 0 Å². The van der Waals surface area contributed by atoms with Crippen LogP contribution in [0.1, 0.15) is 43.5 Å². The molecule has 0 amide bonds. The van der Waals surface area contributed by atoms with Crippen molar-refractivity contribution in [2.45, 2.75) is 38.7 Å². The number of ether oxygens (including phenoxy) is 2. The number of carbonyl (C=O) groups is 1. The Morgan fingerprint density at radius 3 is 2.69 bits per heavy atom. The molecule has 1 aromatic carbocycles. The highest BCUT2D eigenvalue weighted by Gasteiger charge is 2.26. The van der Waals surface area contributed by atoms with E-state index in [9.17, 15) is 22.2 Å². The van der Waals surface area contributed by atoms with Crippen molar-refractivity contribution < 1.29 is 31.6 Å². The molecule has 0 saturated heterocycles. The van der Waals surface area contributed by atoms with E-state index in [1.54, 1.807) is 6.92 Å². The first-order chi connectivity index (χ1) is 12.1. The van der Waals surface area contributed by atoms with E-state index in [2.05, 4.69) is 11.8 Å². The fourth-order valence-corrected chi connectivity index (χ4v) is 2.23. The van der Waals surface area contributed by atoms with Crippen LogP contribution in [0.5, 0.6) is 5.75 Å². The van der Waals surface area contributed by atoms with E-state index in [1.807, 2.05) is 6.92 Å². The van der Waals surface area contributed by atoms with Crippen molar-refractivity contribution in [3.63, 3.8) is 0 Å². The number of halogens is 1. The Hall–Kier alpha value is -2.11. The summed E-state index contributed by atoms with van der Waals surface area (Å²) in [5.74, 6) is 3.98. The summed E-state index contributed by atoms with van der Waals surface area (Å²) in [6, 6.07) is 3.42. The van der Waals surface area contributed by atoms with Crippen LogP contribution in [0, 0.1) is 23.6 Å². The Labute approximate surface area is 152 Å². The maximum atomic E-state index is 14.1. The number of rotatable bonds is 7. The van der Waals surface area contributed by atoms with Crippen LogP contribution in [-0.2, 0) is 14.9 Å². The summed E-state index contributed by atoms with van der Waals surface area (Å²) in [5, 5.41) is 0. The van der Waals surface area contributed by atoms with E-state index in [1.165, 1.54) is 12.1 Å². The third-order valence-corrected chi connectivity index (χ3v) is 4.53. The van der Waals surface area contributed by atoms with Gasteiger partial charge in [0, 0.05) is 5.92 Å². The first-order valence-electron chi connectivity index (χ1n) is 8.24. The summed E-state index contributed by atoms with van der Waals surface area (Å²) in [7, 11) is -4.48. The molecule has 0 heterocycles. The molecule has 1 unspecified atom stereocenters. The molecular formula is C18H20FO6S-. The Kier molecular flexibility index (Phi) is 6.26. The lowest BCUT2D eigenvalue weighted by Crippen LogP contribution is -2.30. The van der Waals surface area contributed by atoms with Crippen LogP contribution in [0.15, 0.2) is 18.2 Å². The zero-order chi connectivity index (χ0) is 19.4. The number of benzene rings is 1. The molecule has 142 valence electrons. The molecular weight excluding hydrogens is 363 g/mol. The quantitative estimate of drug-likeness (QED) is 0.408. The summed E-state index contributed by atoms with van der Waals surface area (Å²) in [6.45, 7) is 3.03. The third-order valence-electron chi connectivity index (χ3n) is 3.86. The summed E-state index contributed by atoms with van der Waals surface area (Å²) in [4.78, 5) is 11.9. The van der Waals surface area contributed by atoms with Gasteiger partial charge in [0.1, 0.15) is 6.61 Å². The van der Waals surface area contributed by atoms with Crippen LogP contribution >= 0.6 is 0 Å². The second kappa shape index (κ2) is 8.06. The van der Waals surface area contributed by atoms with Crippen LogP contribution < -0.4 is 4.74 Å². The molecule has 0 aliphatic heterocycles. The van der Waals surface area contributed by atoms with Gasteiger partial charge in [0.05, 0.1) is 21.4 Å². The molecule has 0 bridgehead atoms. The standard InChI is InChI=1S/C18H21FO6S/c1-3-18(2,9-8-13-4-5-13)25-16-12-14(6-7-15(16)19)17(20)24-10-11-26(21,22)23/h6-7,12-13H,3-5,10-11H2,1-2H3,(H,21,22,23)/p-1. The van der Waals surface area contributed by atoms with Crippen LogP contribution in [0.4, 0.5) is 4.39 Å². The lowest BCUT2D eigenvalue weighted by Gasteiger charge is -2.24. The molecule has 8 heteroatoms. The average Bonchev–Trinajstić information content (AvgIpc) is 3.38. The minimum atomic E-state index is -4.48. The fraction of sp³-hybridized carbons (Fsp3) is 0.500. The van der Waals surface area contributed by atoms with Crippen LogP contribution in [-0.4, -0.2) is 36.9 Å². The number of carbonyl (C=O) groups excluding carboxylic acids is 1. The van der Waals surface area contributed by atoms with Gasteiger partial charge in [-0.2, -0.15) is 0 Å². The molecule has 1 fully saturated rings. The minimum absolute atomic E-state index is 0.0155. The van der Waals surface area contributed by atoms with Gasteiger partial charge in [0.15, 0.2) is 17.2 Å². The highest BCUT2D eigenvalue weighted by Crippen LogP contribution is 2.29. The van der Waals surface area contributed by atoms with Gasteiger partial charge >= 0.3 is 5.97 Å². The molecule has 1 aliphatic carbocycles. The fourth-order valence-electron chi connectivity index (χ4n) is 1.94. The normalized spacial score (nSPS) is 16.2. The monoisotopic (exact) mass is 383 g/mol. The molecule has 1 saturated carbocycles. The largest absolute Gasteiger partial charge is 0.748 e. The van der Waals surface area contributed by atoms with E-state index < -0.39 is 39.9 Å². The molecule has 0 aromatic heterocycles. The topological polar surface area (TPSA) is 92.7 Å². The Bertz CT molecular complexity index is 835. The van der Waals surface area contributed by atoms with Gasteiger partial charge in [-0.3, -0.25) is 0 Å². The van der Waals surface area contributed by atoms with E-state index >= 15 is 0 Å². The predicted octanol–water partition coefficient (Wildman–Crippen LogP) is 2.49. The van der Waals surface area contributed by atoms with E-state index in [4.69, 9.17) is 9.47 Å². The molecule has 1 aromatic rings. The third kappa shape index (κ3) is 6.32. The van der Waals surface area contributed by atoms with Gasteiger partial charge in [-0.05, 0) is 44.4 Å². The molecule has 26 heavy (non-hydrogen) atoms. The van der Waals surface area contributed by atoms with Crippen molar-refractivity contribution in [1.82, 2.24) is 0 Å². The van der Waals surface area contributed by atoms with E-state index in [-0.39, 0.29) is 11.3 Å². The number of esters is 1. The van der Waals surface area contributed by atoms with Crippen molar-refractivity contribution in [3.8, 4) is 17.6 Å². The Balaban J connectivity index is 2.10. The SMILES string of the molecule is CCC(C)(C#CC1CC1)Oc1cc(C(=O)OCCS(=O)(=O)[O-])ccc1F. The number of hydrogen-bond donors (Lipinski definition) is 0. The maximum Gasteiger partial charge on any atom is 0.338 e. The van der Waals surface area contributed by atoms with E-state index in [0.29, 0.717) is 12.3 Å². The minimum Gasteiger partial charge on any atom is -0.748 e. The molecule has 0 radical (unpaired) electrons. The predicted molar refractivity (Wildman–Crippen MR) is 91.1 cm³/mol. The summed E-state index contributed by atoms with van der Waals surface area (Å²) in [5.41, 5.74) is -0.916. The van der Waals surface area contributed by atoms with Gasteiger partial charge in [0.2, 0.25) is 0 Å². The van der Waals surface area contributed by atoms with Crippen molar-refractivity contribution in [2.75, 3.05) is 12.4 Å². The smallest absolute Gasteiger partial charge is 0.338 e. The van der Waals surface area contributed by atoms with Crippen LogP contribution in [0.3, 0.4) is 0 Å². The molecule has 1 aliphatic rings. The van der Waals surface area contributed by atoms with Crippen LogP contribution in [0.2, 0.25) is 0 Å². The second-order valence-electron chi connectivity index (χ2n) is 6.27. The lowest BCUT2D eigenvalue weighted by atomic mass is 10.0. The van der Waals surface area contributed by atoms with Crippen molar-refractivity contribution >= 4 is 16.1 Å². The molecule has 1 atom stereocenters. The summed E-state index contributed by atoms with van der Waals surface area (Å²) >= 11 is 0. The highest BCUT2D eigenvalue weighted by molar-refractivity contribution is 7.85. The zero-order valence-electron chi connectivity index (χ0n) is 14.6. The van der Waals surface area contributed by atoms with Crippen LogP contribution in [0.25, 0.3) is 0 Å². The first kappa shape index (κ1) is 20.2. The summed E-state index contributed by atoms with van der Waals surface area (Å²) in [6.07, 6.45) is 2.63. The van der Waals surface area contributed by atoms with E-state index in [0.717, 1.165) is 18.9 Å². The average molecular weight is 383 g/mol. The molecule has 2 rings (SSSR count). The molecule has 6 nitrogen and oxygen atoms in total.